The van der Waals surface area contributed by atoms with Crippen molar-refractivity contribution in [3.8, 4) is 17.0 Å². The van der Waals surface area contributed by atoms with E-state index in [1.54, 1.807) is 13.1 Å². The van der Waals surface area contributed by atoms with Crippen LogP contribution in [0.5, 0.6) is 5.88 Å². The molecule has 142 valence electrons. The van der Waals surface area contributed by atoms with Crippen LogP contribution in [-0.2, 0) is 0 Å². The molecule has 4 N–H and O–H groups in total. The molecule has 0 bridgehead atoms. The average molecular weight is 371 g/mol. The van der Waals surface area contributed by atoms with Crippen molar-refractivity contribution in [3.63, 3.8) is 0 Å². The number of nitrogens with zero attached hydrogens (tertiary/aromatic N) is 3. The first-order valence-corrected chi connectivity index (χ1v) is 8.42. The van der Waals surface area contributed by atoms with Gasteiger partial charge in [-0.2, -0.15) is 15.1 Å². The predicted octanol–water partition coefficient (Wildman–Crippen LogP) is 4.50. The third kappa shape index (κ3) is 3.81. The molecule has 0 amide bonds. The van der Waals surface area contributed by atoms with E-state index in [1.165, 1.54) is 21.0 Å². The number of aromatic nitrogens is 3. The molecular weight excluding hydrogens is 349 g/mol. The summed E-state index contributed by atoms with van der Waals surface area (Å²) in [5.74, 6) is 0.674. The number of alkyl halides is 1. The fourth-order valence-electron chi connectivity index (χ4n) is 2.75. The van der Waals surface area contributed by atoms with E-state index in [1.807, 2.05) is 18.3 Å². The van der Waals surface area contributed by atoms with Crippen LogP contribution < -0.4 is 15.4 Å². The van der Waals surface area contributed by atoms with E-state index in [2.05, 4.69) is 30.7 Å². The second kappa shape index (κ2) is 7.18. The highest BCUT2D eigenvalue weighted by molar-refractivity contribution is 5.98. The van der Waals surface area contributed by atoms with Gasteiger partial charge in [0.05, 0.1) is 24.7 Å². The quantitative estimate of drug-likeness (QED) is 0.457. The van der Waals surface area contributed by atoms with Gasteiger partial charge in [-0.15, -0.1) is 0 Å². The Morgan fingerprint density at radius 3 is 2.74 bits per heavy atom. The number of ether oxygens (including phenoxy) is 1. The van der Waals surface area contributed by atoms with E-state index in [9.17, 15) is 4.39 Å². The SMILES string of the molecule is CNc1cc(-c2c[nH]c3nc(NCC(C)(C)F)nc(OC)c23)ccc1N=N. The smallest absolute Gasteiger partial charge is 0.228 e. The molecule has 8 nitrogen and oxygen atoms in total. The number of aromatic amines is 1. The summed E-state index contributed by atoms with van der Waals surface area (Å²) in [7, 11) is 3.31. The zero-order chi connectivity index (χ0) is 19.6. The molecule has 0 aliphatic heterocycles. The zero-order valence-electron chi connectivity index (χ0n) is 15.6. The summed E-state index contributed by atoms with van der Waals surface area (Å²) in [6, 6.07) is 5.53. The van der Waals surface area contributed by atoms with Gasteiger partial charge in [0.1, 0.15) is 17.0 Å². The molecule has 0 aliphatic rings. The van der Waals surface area contributed by atoms with Crippen molar-refractivity contribution >= 4 is 28.4 Å². The minimum atomic E-state index is -1.39. The van der Waals surface area contributed by atoms with Crippen molar-refractivity contribution in [2.24, 2.45) is 5.11 Å². The van der Waals surface area contributed by atoms with Gasteiger partial charge in [0, 0.05) is 18.8 Å². The topological polar surface area (TPSA) is 111 Å². The van der Waals surface area contributed by atoms with E-state index >= 15 is 0 Å². The van der Waals surface area contributed by atoms with E-state index in [0.717, 1.165) is 22.2 Å². The van der Waals surface area contributed by atoms with Gasteiger partial charge in [0.2, 0.25) is 11.8 Å². The molecule has 0 spiro atoms. The number of H-pyrrole nitrogens is 1. The fraction of sp³-hybridized carbons (Fsp3) is 0.333. The van der Waals surface area contributed by atoms with Gasteiger partial charge in [-0.05, 0) is 31.5 Å². The van der Waals surface area contributed by atoms with Crippen molar-refractivity contribution in [3.05, 3.63) is 24.4 Å². The maximum atomic E-state index is 13.7. The van der Waals surface area contributed by atoms with Gasteiger partial charge in [-0.1, -0.05) is 6.07 Å². The van der Waals surface area contributed by atoms with E-state index in [4.69, 9.17) is 10.3 Å². The normalized spacial score (nSPS) is 11.4. The highest BCUT2D eigenvalue weighted by Gasteiger charge is 2.19. The number of hydrogen-bond acceptors (Lipinski definition) is 7. The van der Waals surface area contributed by atoms with Gasteiger partial charge >= 0.3 is 0 Å². The minimum Gasteiger partial charge on any atom is -0.480 e. The number of halogens is 1. The third-order valence-electron chi connectivity index (χ3n) is 4.06. The summed E-state index contributed by atoms with van der Waals surface area (Å²) in [5.41, 5.74) is 9.46. The summed E-state index contributed by atoms with van der Waals surface area (Å²) in [4.78, 5) is 11.9. The van der Waals surface area contributed by atoms with E-state index < -0.39 is 5.67 Å². The molecule has 0 unspecified atom stereocenters. The average Bonchev–Trinajstić information content (AvgIpc) is 3.08. The van der Waals surface area contributed by atoms with Crippen LogP contribution in [0.25, 0.3) is 22.2 Å². The highest BCUT2D eigenvalue weighted by Crippen LogP contribution is 2.37. The van der Waals surface area contributed by atoms with Crippen LogP contribution in [0.1, 0.15) is 13.8 Å². The lowest BCUT2D eigenvalue weighted by atomic mass is 10.0. The van der Waals surface area contributed by atoms with Crippen LogP contribution in [0.15, 0.2) is 29.5 Å². The first-order valence-electron chi connectivity index (χ1n) is 8.42. The monoisotopic (exact) mass is 371 g/mol. The van der Waals surface area contributed by atoms with Crippen molar-refractivity contribution in [2.45, 2.75) is 19.5 Å². The van der Waals surface area contributed by atoms with Crippen LogP contribution in [-0.4, -0.2) is 41.3 Å². The number of rotatable bonds is 7. The largest absolute Gasteiger partial charge is 0.480 e. The van der Waals surface area contributed by atoms with Crippen LogP contribution in [0.2, 0.25) is 0 Å². The molecule has 0 saturated heterocycles. The first-order chi connectivity index (χ1) is 12.9. The minimum absolute atomic E-state index is 0.0822. The lowest BCUT2D eigenvalue weighted by Crippen LogP contribution is -2.25. The predicted molar refractivity (Wildman–Crippen MR) is 104 cm³/mol. The van der Waals surface area contributed by atoms with Gasteiger partial charge in [0.15, 0.2) is 0 Å². The second-order valence-corrected chi connectivity index (χ2v) is 6.65. The Morgan fingerprint density at radius 2 is 2.11 bits per heavy atom. The molecule has 0 saturated carbocycles. The Kier molecular flexibility index (Phi) is 4.93. The number of nitrogens with one attached hydrogen (secondary N) is 4. The molecule has 2 aromatic heterocycles. The standard InChI is InChI=1S/C18H22FN7O/c1-18(2,19)9-23-17-24-15-14(16(25-17)27-4)11(8-22-15)10-5-6-12(26-20)13(7-10)21-3/h5-8,20-21H,9H2,1-4H3,(H2,22,23,24,25). The Balaban J connectivity index is 2.07. The highest BCUT2D eigenvalue weighted by atomic mass is 19.1. The van der Waals surface area contributed by atoms with Gasteiger partial charge < -0.3 is 20.4 Å². The van der Waals surface area contributed by atoms with Crippen LogP contribution >= 0.6 is 0 Å². The van der Waals surface area contributed by atoms with Crippen LogP contribution in [0.3, 0.4) is 0 Å². The first kappa shape index (κ1) is 18.6. The number of hydrogen-bond donors (Lipinski definition) is 4. The van der Waals surface area contributed by atoms with Gasteiger partial charge in [-0.3, -0.25) is 0 Å². The number of fused-ring (bicyclic) bond motifs is 1. The van der Waals surface area contributed by atoms with Crippen molar-refractivity contribution in [2.75, 3.05) is 31.3 Å². The Hall–Kier alpha value is -3.23. The Bertz CT molecular complexity index is 978. The Labute approximate surface area is 156 Å². The maximum Gasteiger partial charge on any atom is 0.228 e. The lowest BCUT2D eigenvalue weighted by Gasteiger charge is -2.15. The molecule has 3 rings (SSSR count). The summed E-state index contributed by atoms with van der Waals surface area (Å²) >= 11 is 0. The molecule has 0 aliphatic carbocycles. The van der Waals surface area contributed by atoms with Crippen molar-refractivity contribution < 1.29 is 9.13 Å². The molecule has 0 radical (unpaired) electrons. The summed E-state index contributed by atoms with van der Waals surface area (Å²) < 4.78 is 19.2. The third-order valence-corrected chi connectivity index (χ3v) is 4.06. The Morgan fingerprint density at radius 1 is 1.33 bits per heavy atom. The summed E-state index contributed by atoms with van der Waals surface area (Å²) in [5, 5.41) is 10.2. The molecule has 2 heterocycles. The summed E-state index contributed by atoms with van der Waals surface area (Å²) in [6.07, 6.45) is 1.82. The van der Waals surface area contributed by atoms with Crippen molar-refractivity contribution in [1.29, 1.82) is 5.53 Å². The molecular formula is C18H22FN7O. The maximum absolute atomic E-state index is 13.7. The molecule has 3 aromatic rings. The number of anilines is 2. The number of methoxy groups -OCH3 is 1. The van der Waals surface area contributed by atoms with Gasteiger partial charge in [0.25, 0.3) is 0 Å². The lowest BCUT2D eigenvalue weighted by molar-refractivity contribution is 0.234. The van der Waals surface area contributed by atoms with E-state index in [0.29, 0.717) is 17.2 Å². The zero-order valence-corrected chi connectivity index (χ0v) is 15.6. The van der Waals surface area contributed by atoms with E-state index in [-0.39, 0.29) is 12.5 Å². The van der Waals surface area contributed by atoms with Crippen LogP contribution in [0, 0.1) is 5.53 Å². The molecule has 0 fully saturated rings. The van der Waals surface area contributed by atoms with Crippen molar-refractivity contribution in [1.82, 2.24) is 15.0 Å². The van der Waals surface area contributed by atoms with Gasteiger partial charge in [-0.25, -0.2) is 9.92 Å². The molecule has 9 heteroatoms. The number of benzene rings is 1. The second-order valence-electron chi connectivity index (χ2n) is 6.65. The molecule has 27 heavy (non-hydrogen) atoms. The molecule has 0 atom stereocenters. The summed E-state index contributed by atoms with van der Waals surface area (Å²) in [6.45, 7) is 3.04. The van der Waals surface area contributed by atoms with Crippen LogP contribution in [0.4, 0.5) is 21.7 Å². The fourth-order valence-corrected chi connectivity index (χ4v) is 2.75. The molecule has 1 aromatic carbocycles.